The first-order chi connectivity index (χ1) is 69.4. The van der Waals surface area contributed by atoms with Crippen molar-refractivity contribution in [1.82, 2.24) is 72.4 Å². The number of hydrogen-bond donors (Lipinski definition) is 3. The molecule has 0 unspecified atom stereocenters. The van der Waals surface area contributed by atoms with E-state index in [1.165, 1.54) is 31.0 Å². The molecule has 24 rings (SSSR count). The lowest BCUT2D eigenvalue weighted by atomic mass is 9.50. The lowest BCUT2D eigenvalue weighted by Crippen LogP contribution is -2.60. The molecule has 0 spiro atoms. The Morgan fingerprint density at radius 2 is 0.764 bits per heavy atom. The molecule has 3 saturated carbocycles. The minimum absolute atomic E-state index is 0.0387. The number of aromatic nitrogens is 15. The highest BCUT2D eigenvalue weighted by atomic mass is 35.5. The minimum Gasteiger partial charge on any atom is -0.493 e. The number of rotatable bonds is 4. The maximum Gasteiger partial charge on any atom is 0.352 e. The van der Waals surface area contributed by atoms with E-state index in [1.807, 2.05) is 153 Å². The van der Waals surface area contributed by atoms with E-state index in [0.29, 0.717) is 119 Å². The Bertz CT molecular complexity index is 8250. The SMILES string of the molecule is Cc1c2c(nn1C)CSCc1cc(n(C)n1)CSc1cc(c3cc(Cl)ccc3c1)OCCCc1c(C(=O)O)n(C)c3c-2c(Cl)ccc13.Cc1c2c(nn1C)CSCc1cc(n(C)n1)CSc1cc(c3ccccc3c1)OCCCc1c(C(=O)O)n(C)c3c-2c(Cl)cc(F)c13.Cc1c2c(nn1C13CC(C1)C3)CSCc1cc(n(C)n1)CSc1cc(c3ccccc3c1)OCCCc1c(C(=O)O)n(C)c3c-2c(Cl)ccc13. The van der Waals surface area contributed by atoms with Gasteiger partial charge in [-0.25, -0.2) is 18.8 Å². The van der Waals surface area contributed by atoms with Crippen molar-refractivity contribution in [3.8, 4) is 50.6 Å². The third-order valence-corrected chi connectivity index (χ3v) is 35.9. The summed E-state index contributed by atoms with van der Waals surface area (Å²) in [5.74, 6) is 5.90. The van der Waals surface area contributed by atoms with E-state index >= 15 is 4.39 Å². The number of carboxylic acids is 3. The predicted molar refractivity (Wildman–Crippen MR) is 581 cm³/mol. The summed E-state index contributed by atoms with van der Waals surface area (Å²) < 4.78 is 52.2. The van der Waals surface area contributed by atoms with E-state index in [-0.39, 0.29) is 27.3 Å². The summed E-state index contributed by atoms with van der Waals surface area (Å²) in [5.41, 5.74) is 21.8. The topological polar surface area (TPSA) is 261 Å². The average Bonchev–Trinajstić information content (AvgIpc) is 1.41. The summed E-state index contributed by atoms with van der Waals surface area (Å²) in [6.45, 7) is 7.32. The van der Waals surface area contributed by atoms with E-state index in [4.69, 9.17) is 91.2 Å². The number of aryl methyl sites for hydroxylation is 11. The summed E-state index contributed by atoms with van der Waals surface area (Å²) in [7, 11) is 15.1. The molecular formula is C109H104Cl4FN15O9S6. The van der Waals surface area contributed by atoms with Crippen LogP contribution >= 0.6 is 117 Å². The van der Waals surface area contributed by atoms with Crippen molar-refractivity contribution in [3.05, 3.63) is 280 Å². The van der Waals surface area contributed by atoms with Crippen LogP contribution in [0.1, 0.15) is 155 Å². The van der Waals surface area contributed by atoms with Gasteiger partial charge in [0, 0.05) is 228 Å². The van der Waals surface area contributed by atoms with Crippen LogP contribution in [0.25, 0.3) is 98.4 Å². The van der Waals surface area contributed by atoms with Crippen LogP contribution in [0.5, 0.6) is 17.2 Å². The second-order valence-corrected chi connectivity index (χ2v) is 45.5. The lowest BCUT2D eigenvalue weighted by molar-refractivity contribution is -0.0992. The smallest absolute Gasteiger partial charge is 0.352 e. The van der Waals surface area contributed by atoms with E-state index in [0.717, 1.165) is 222 Å². The molecule has 3 N–H and O–H groups in total. The summed E-state index contributed by atoms with van der Waals surface area (Å²) in [6.07, 6.45) is 6.65. The highest BCUT2D eigenvalue weighted by Gasteiger charge is 2.59. The molecule has 740 valence electrons. The number of fused-ring (bicyclic) bond motifs is 24. The van der Waals surface area contributed by atoms with Crippen LogP contribution in [-0.2, 0) is 133 Å². The van der Waals surface area contributed by atoms with Gasteiger partial charge >= 0.3 is 17.9 Å². The Kier molecular flexibility index (Phi) is 27.7. The molecule has 0 radical (unpaired) electrons. The zero-order valence-corrected chi connectivity index (χ0v) is 89.1. The summed E-state index contributed by atoms with van der Waals surface area (Å²) in [6, 6.07) is 50.6. The monoisotopic (exact) mass is 2120 g/mol. The second kappa shape index (κ2) is 40.5. The first-order valence-corrected chi connectivity index (χ1v) is 55.6. The molecule has 0 saturated heterocycles. The Morgan fingerprint density at radius 3 is 1.19 bits per heavy atom. The van der Waals surface area contributed by atoms with Crippen molar-refractivity contribution in [2.75, 3.05) is 19.8 Å². The van der Waals surface area contributed by atoms with Gasteiger partial charge in [-0.2, -0.15) is 30.6 Å². The molecule has 18 aromatic rings. The molecule has 144 heavy (non-hydrogen) atoms. The fraction of sp³-hybridized carbons (Fsp3) is 0.312. The highest BCUT2D eigenvalue weighted by Crippen LogP contribution is 2.63. The molecule has 0 atom stereocenters. The van der Waals surface area contributed by atoms with Crippen LogP contribution in [0.3, 0.4) is 0 Å². The standard InChI is InChI=1S/C39H38ClN5O3S2.C35H33Cl2N5O3S2.C35H33ClFN5O3S2/c1-22-34-32(42-45(22)39-16-23(17-39)18-39)21-49-19-25-14-26(44(3)41-25)20-50-27-13-24-7-4-5-8-28(24)33(15-27)48-12-6-9-29-30-10-11-31(40)35(34)36(30)43(2)37(29)38(46)47;1-19-31-29(39-41(19)3)18-46-16-22-14-23(42(4)38-22)17-47-24-12-20-7-8-21(36)13-27(20)30(15-24)45-11-5-6-25-26-9-10-28(37)32(31)33(26)40(2)34(25)35(43)44;1-19-30-28(39-41(19)3)18-46-16-21-13-22(42(4)38-21)17-47-23-12-20-8-5-6-9-24(20)29(14-23)45-11-7-10-25-31-27(37)15-26(36)32(30)34(31)40(2)33(25)35(43)44/h4-5,7-8,10-11,13-15,23H,6,9,12,16-21H2,1-3H3,(H,46,47);7-10,12-15H,5-6,11,16-18H2,1-4H3,(H,43,44);5-6,8-9,12-15H,7,10-11,16-18H2,1-4H3,(H,43,44). The molecule has 9 aromatic heterocycles. The maximum absolute atomic E-state index is 15.9. The molecule has 3 aliphatic carbocycles. The van der Waals surface area contributed by atoms with E-state index in [9.17, 15) is 29.7 Å². The Balaban J connectivity index is 0.000000127. The number of ether oxygens (including phenoxy) is 3. The van der Waals surface area contributed by atoms with Gasteiger partial charge in [0.2, 0.25) is 0 Å². The number of benzene rings is 9. The second-order valence-electron chi connectivity index (χ2n) is 37.8. The maximum atomic E-state index is 15.9. The summed E-state index contributed by atoms with van der Waals surface area (Å²) in [5, 5.41) is 71.2. The number of nitrogens with zero attached hydrogens (tertiary/aromatic N) is 15. The van der Waals surface area contributed by atoms with E-state index < -0.39 is 23.7 Å². The van der Waals surface area contributed by atoms with Crippen LogP contribution in [-0.4, -0.2) is 125 Å². The quantitative estimate of drug-likeness (QED) is 0.148. The van der Waals surface area contributed by atoms with Crippen LogP contribution in [0.2, 0.25) is 20.1 Å². The Hall–Kier alpha value is -11.4. The predicted octanol–water partition coefficient (Wildman–Crippen LogP) is 26.3. The number of carbonyl (C=O) groups is 3. The number of thioether (sulfide) groups is 6. The van der Waals surface area contributed by atoms with E-state index in [1.54, 1.807) is 91.4 Å². The first-order valence-electron chi connectivity index (χ1n) is 47.7. The lowest BCUT2D eigenvalue weighted by Gasteiger charge is -2.61. The average molecular weight is 2120 g/mol. The number of aromatic carboxylic acids is 3. The molecule has 26 bridgehead atoms. The van der Waals surface area contributed by atoms with E-state index in [2.05, 4.69) is 90.5 Å². The molecular weight excluding hydrogens is 2020 g/mol. The zero-order chi connectivity index (χ0) is 100. The summed E-state index contributed by atoms with van der Waals surface area (Å²) >= 11 is 37.9. The molecule has 9 aromatic carbocycles. The normalized spacial score (nSPS) is 16.4. The van der Waals surface area contributed by atoms with Crippen LogP contribution in [0.4, 0.5) is 4.39 Å². The highest BCUT2D eigenvalue weighted by molar-refractivity contribution is 7.99. The van der Waals surface area contributed by atoms with Gasteiger partial charge in [0.15, 0.2) is 0 Å². The van der Waals surface area contributed by atoms with Gasteiger partial charge in [0.05, 0.1) is 91.1 Å². The van der Waals surface area contributed by atoms with Gasteiger partial charge < -0.3 is 43.2 Å². The number of halogens is 5. The number of hydrogen-bond acceptors (Lipinski definition) is 18. The van der Waals surface area contributed by atoms with Gasteiger partial charge in [-0.1, -0.05) is 113 Å². The van der Waals surface area contributed by atoms with Crippen molar-refractivity contribution < 1.29 is 48.3 Å². The largest absolute Gasteiger partial charge is 0.493 e. The molecule has 3 aliphatic heterocycles. The first kappa shape index (κ1) is 98.7. The fourth-order valence-electron chi connectivity index (χ4n) is 21.7. The fourth-order valence-corrected chi connectivity index (χ4v) is 28.2. The van der Waals surface area contributed by atoms with Crippen molar-refractivity contribution in [2.24, 2.45) is 62.3 Å². The van der Waals surface area contributed by atoms with Gasteiger partial charge in [-0.05, 0) is 202 Å². The third-order valence-electron chi connectivity index (χ3n) is 28.7. The minimum atomic E-state index is -1.13. The Labute approximate surface area is 876 Å². The van der Waals surface area contributed by atoms with Crippen LogP contribution < -0.4 is 14.2 Å². The molecule has 35 heteroatoms. The molecule has 12 heterocycles. The van der Waals surface area contributed by atoms with Crippen molar-refractivity contribution >= 4 is 200 Å². The van der Waals surface area contributed by atoms with Crippen molar-refractivity contribution in [2.45, 2.75) is 151 Å². The van der Waals surface area contributed by atoms with Crippen LogP contribution in [0.15, 0.2) is 166 Å². The van der Waals surface area contributed by atoms with Crippen molar-refractivity contribution in [3.63, 3.8) is 0 Å². The molecule has 6 aliphatic rings. The van der Waals surface area contributed by atoms with Crippen LogP contribution in [0, 0.1) is 32.5 Å². The van der Waals surface area contributed by atoms with Crippen molar-refractivity contribution in [1.29, 1.82) is 0 Å². The molecule has 0 amide bonds. The third kappa shape index (κ3) is 18.5. The molecule has 3 fully saturated rings. The number of carboxylic acid groups (broad SMARTS) is 3. The van der Waals surface area contributed by atoms with Gasteiger partial charge in [-0.3, -0.25) is 28.1 Å². The molecule has 24 nitrogen and oxygen atoms in total. The summed E-state index contributed by atoms with van der Waals surface area (Å²) in [4.78, 5) is 41.7. The zero-order valence-electron chi connectivity index (χ0n) is 81.2. The Morgan fingerprint density at radius 1 is 0.382 bits per heavy atom. The van der Waals surface area contributed by atoms with Gasteiger partial charge in [0.25, 0.3) is 0 Å². The van der Waals surface area contributed by atoms with Gasteiger partial charge in [-0.15, -0.1) is 70.6 Å². The van der Waals surface area contributed by atoms with Gasteiger partial charge in [0.1, 0.15) is 40.1 Å².